The Hall–Kier alpha value is -3.48. The molecule has 0 aliphatic carbocycles. The number of benzene rings is 2. The zero-order chi connectivity index (χ0) is 19.2. The number of aromatic nitrogens is 2. The third-order valence-corrected chi connectivity index (χ3v) is 3.88. The highest BCUT2D eigenvalue weighted by Crippen LogP contribution is 2.18. The summed E-state index contributed by atoms with van der Waals surface area (Å²) in [7, 11) is 1.31. The number of ether oxygens (including phenoxy) is 1. The summed E-state index contributed by atoms with van der Waals surface area (Å²) in [6.07, 6.45) is 0.499. The molecule has 0 aliphatic rings. The number of amides is 1. The Morgan fingerprint density at radius 3 is 2.74 bits per heavy atom. The molecule has 27 heavy (non-hydrogen) atoms. The van der Waals surface area contributed by atoms with E-state index in [-0.39, 0.29) is 12.3 Å². The molecule has 1 amide bonds. The summed E-state index contributed by atoms with van der Waals surface area (Å²) in [5.74, 6) is 0.220. The van der Waals surface area contributed by atoms with Gasteiger partial charge in [-0.3, -0.25) is 4.79 Å². The van der Waals surface area contributed by atoms with Crippen molar-refractivity contribution in [2.75, 3.05) is 12.4 Å². The number of carbonyl (C=O) groups excluding carboxylic acids is 2. The van der Waals surface area contributed by atoms with Crippen molar-refractivity contribution >= 4 is 17.6 Å². The van der Waals surface area contributed by atoms with E-state index < -0.39 is 5.97 Å². The summed E-state index contributed by atoms with van der Waals surface area (Å²) in [6.45, 7) is 1.99. The van der Waals surface area contributed by atoms with Crippen molar-refractivity contribution in [3.05, 3.63) is 65.5 Å². The van der Waals surface area contributed by atoms with Crippen LogP contribution in [0.3, 0.4) is 0 Å². The average molecular weight is 365 g/mol. The summed E-state index contributed by atoms with van der Waals surface area (Å²) >= 11 is 0. The Labute approximate surface area is 156 Å². The van der Waals surface area contributed by atoms with Crippen LogP contribution in [0.4, 0.5) is 5.69 Å². The molecule has 3 rings (SSSR count). The second-order valence-corrected chi connectivity index (χ2v) is 6.00. The first-order valence-electron chi connectivity index (χ1n) is 8.43. The number of anilines is 1. The number of methoxy groups -OCH3 is 1. The Kier molecular flexibility index (Phi) is 5.61. The first-order valence-corrected chi connectivity index (χ1v) is 8.43. The molecule has 0 unspecified atom stereocenters. The lowest BCUT2D eigenvalue weighted by atomic mass is 10.1. The van der Waals surface area contributed by atoms with Crippen molar-refractivity contribution in [2.45, 2.75) is 19.8 Å². The van der Waals surface area contributed by atoms with Crippen LogP contribution in [0.5, 0.6) is 0 Å². The molecule has 7 heteroatoms. The molecule has 0 bridgehead atoms. The maximum atomic E-state index is 12.1. The van der Waals surface area contributed by atoms with Gasteiger partial charge in [0.25, 0.3) is 0 Å². The Balaban J connectivity index is 1.58. The van der Waals surface area contributed by atoms with Crippen LogP contribution in [0.25, 0.3) is 11.4 Å². The maximum absolute atomic E-state index is 12.1. The van der Waals surface area contributed by atoms with E-state index in [1.165, 1.54) is 7.11 Å². The molecule has 138 valence electrons. The van der Waals surface area contributed by atoms with Crippen molar-refractivity contribution in [1.29, 1.82) is 0 Å². The van der Waals surface area contributed by atoms with Crippen molar-refractivity contribution in [3.8, 4) is 11.4 Å². The number of esters is 1. The van der Waals surface area contributed by atoms with Crippen molar-refractivity contribution in [2.24, 2.45) is 0 Å². The number of hydrogen-bond donors (Lipinski definition) is 1. The molecule has 0 radical (unpaired) electrons. The highest BCUT2D eigenvalue weighted by molar-refractivity contribution is 5.94. The van der Waals surface area contributed by atoms with Gasteiger partial charge in [0.2, 0.25) is 17.6 Å². The van der Waals surface area contributed by atoms with Gasteiger partial charge in [-0.1, -0.05) is 35.0 Å². The Morgan fingerprint density at radius 1 is 1.15 bits per heavy atom. The first-order chi connectivity index (χ1) is 13.0. The predicted octanol–water partition coefficient (Wildman–Crippen LogP) is 3.40. The largest absolute Gasteiger partial charge is 0.465 e. The quantitative estimate of drug-likeness (QED) is 0.673. The van der Waals surface area contributed by atoms with Crippen LogP contribution in [0.15, 0.2) is 53.1 Å². The highest BCUT2D eigenvalue weighted by atomic mass is 16.5. The number of nitrogens with one attached hydrogen (secondary N) is 1. The molecule has 0 saturated carbocycles. The molecule has 0 saturated heterocycles. The maximum Gasteiger partial charge on any atom is 0.337 e. The van der Waals surface area contributed by atoms with Gasteiger partial charge < -0.3 is 14.6 Å². The van der Waals surface area contributed by atoms with Crippen molar-refractivity contribution < 1.29 is 18.8 Å². The summed E-state index contributed by atoms with van der Waals surface area (Å²) in [6, 6.07) is 14.3. The van der Waals surface area contributed by atoms with Crippen LogP contribution in [-0.4, -0.2) is 29.1 Å². The van der Waals surface area contributed by atoms with Crippen LogP contribution in [0.2, 0.25) is 0 Å². The molecule has 0 aliphatic heterocycles. The number of nitrogens with zero attached hydrogens (tertiary/aromatic N) is 2. The standard InChI is InChI=1S/C20H19N3O4/c1-13-5-3-6-14(11-13)19-22-18(27-23-19)10-9-17(24)21-16-8-4-7-15(12-16)20(25)26-2/h3-8,11-12H,9-10H2,1-2H3,(H,21,24). The number of aryl methyl sites for hydroxylation is 2. The second-order valence-electron chi connectivity index (χ2n) is 6.00. The van der Waals surface area contributed by atoms with E-state index in [1.54, 1.807) is 24.3 Å². The van der Waals surface area contributed by atoms with E-state index in [2.05, 4.69) is 20.2 Å². The molecule has 0 spiro atoms. The highest BCUT2D eigenvalue weighted by Gasteiger charge is 2.12. The number of carbonyl (C=O) groups is 2. The van der Waals surface area contributed by atoms with Crippen molar-refractivity contribution in [3.63, 3.8) is 0 Å². The lowest BCUT2D eigenvalue weighted by molar-refractivity contribution is -0.116. The smallest absolute Gasteiger partial charge is 0.337 e. The van der Waals surface area contributed by atoms with E-state index in [9.17, 15) is 9.59 Å². The zero-order valence-electron chi connectivity index (χ0n) is 15.1. The summed E-state index contributed by atoms with van der Waals surface area (Å²) in [4.78, 5) is 28.0. The van der Waals surface area contributed by atoms with Crippen LogP contribution >= 0.6 is 0 Å². The summed E-state index contributed by atoms with van der Waals surface area (Å²) < 4.78 is 9.89. The van der Waals surface area contributed by atoms with E-state index in [1.807, 2.05) is 31.2 Å². The van der Waals surface area contributed by atoms with Gasteiger partial charge in [0, 0.05) is 24.1 Å². The molecule has 0 fully saturated rings. The topological polar surface area (TPSA) is 94.3 Å². The summed E-state index contributed by atoms with van der Waals surface area (Å²) in [5.41, 5.74) is 2.87. The first kappa shape index (κ1) is 18.3. The van der Waals surface area contributed by atoms with Crippen LogP contribution in [0.1, 0.15) is 28.2 Å². The lowest BCUT2D eigenvalue weighted by Gasteiger charge is -2.06. The number of hydrogen-bond acceptors (Lipinski definition) is 6. The third-order valence-electron chi connectivity index (χ3n) is 3.88. The van der Waals surface area contributed by atoms with E-state index in [0.29, 0.717) is 29.4 Å². The van der Waals surface area contributed by atoms with Gasteiger partial charge in [-0.15, -0.1) is 0 Å². The van der Waals surface area contributed by atoms with Gasteiger partial charge in [-0.2, -0.15) is 4.98 Å². The Bertz CT molecular complexity index is 965. The van der Waals surface area contributed by atoms with E-state index in [0.717, 1.165) is 11.1 Å². The fourth-order valence-corrected chi connectivity index (χ4v) is 2.54. The SMILES string of the molecule is COC(=O)c1cccc(NC(=O)CCc2nc(-c3cccc(C)c3)no2)c1. The lowest BCUT2D eigenvalue weighted by Crippen LogP contribution is -2.13. The minimum absolute atomic E-state index is 0.178. The monoisotopic (exact) mass is 365 g/mol. The Morgan fingerprint density at radius 2 is 1.96 bits per heavy atom. The van der Waals surface area contributed by atoms with E-state index >= 15 is 0 Å². The van der Waals surface area contributed by atoms with Crippen LogP contribution in [-0.2, 0) is 16.0 Å². The molecule has 1 heterocycles. The molecule has 2 aromatic carbocycles. The van der Waals surface area contributed by atoms with Crippen molar-refractivity contribution in [1.82, 2.24) is 10.1 Å². The van der Waals surface area contributed by atoms with E-state index in [4.69, 9.17) is 4.52 Å². The molecule has 1 N–H and O–H groups in total. The molecule has 3 aromatic rings. The molecular formula is C20H19N3O4. The fourth-order valence-electron chi connectivity index (χ4n) is 2.54. The molecular weight excluding hydrogens is 346 g/mol. The van der Waals surface area contributed by atoms with Gasteiger partial charge in [-0.05, 0) is 31.2 Å². The predicted molar refractivity (Wildman–Crippen MR) is 99.2 cm³/mol. The normalized spacial score (nSPS) is 10.4. The van der Waals surface area contributed by atoms with Crippen LogP contribution < -0.4 is 5.32 Å². The number of rotatable bonds is 6. The van der Waals surface area contributed by atoms with Gasteiger partial charge >= 0.3 is 5.97 Å². The average Bonchev–Trinajstić information content (AvgIpc) is 3.15. The fraction of sp³-hybridized carbons (Fsp3) is 0.200. The zero-order valence-corrected chi connectivity index (χ0v) is 15.1. The summed E-state index contributed by atoms with van der Waals surface area (Å²) in [5, 5.41) is 6.70. The molecule has 7 nitrogen and oxygen atoms in total. The van der Waals surface area contributed by atoms with Gasteiger partial charge in [0.1, 0.15) is 0 Å². The second kappa shape index (κ2) is 8.27. The molecule has 1 aromatic heterocycles. The molecule has 0 atom stereocenters. The third kappa shape index (κ3) is 4.78. The van der Waals surface area contributed by atoms with Gasteiger partial charge in [0.15, 0.2) is 0 Å². The van der Waals surface area contributed by atoms with Crippen LogP contribution in [0, 0.1) is 6.92 Å². The minimum Gasteiger partial charge on any atom is -0.465 e. The van der Waals surface area contributed by atoms with Gasteiger partial charge in [-0.25, -0.2) is 4.79 Å². The van der Waals surface area contributed by atoms with Gasteiger partial charge in [0.05, 0.1) is 12.7 Å². The minimum atomic E-state index is -0.458.